The number of pyridine rings is 1. The number of fused-ring (bicyclic) bond motifs is 2. The van der Waals surface area contributed by atoms with Gasteiger partial charge in [-0.3, -0.25) is 4.98 Å². The Kier molecular flexibility index (Phi) is 7.24. The molecule has 0 saturated heterocycles. The third kappa shape index (κ3) is 4.35. The minimum atomic E-state index is 0.0899. The van der Waals surface area contributed by atoms with Gasteiger partial charge in [-0.15, -0.1) is 0 Å². The second-order valence-electron chi connectivity index (χ2n) is 9.55. The van der Waals surface area contributed by atoms with Gasteiger partial charge in [-0.05, 0) is 54.7 Å². The Labute approximate surface area is 214 Å². The zero-order valence-corrected chi connectivity index (χ0v) is 21.6. The highest BCUT2D eigenvalue weighted by atomic mass is 16.5. The molecule has 1 atom stereocenters. The molecule has 186 valence electrons. The molecule has 0 fully saturated rings. The van der Waals surface area contributed by atoms with E-state index >= 15 is 0 Å². The normalized spacial score (nSPS) is 15.1. The fourth-order valence-electron chi connectivity index (χ4n) is 5.93. The van der Waals surface area contributed by atoms with Crippen LogP contribution >= 0.6 is 0 Å². The Morgan fingerprint density at radius 1 is 0.972 bits per heavy atom. The maximum absolute atomic E-state index is 10.1. The van der Waals surface area contributed by atoms with E-state index in [0.717, 1.165) is 54.9 Å². The van der Waals surface area contributed by atoms with Crippen molar-refractivity contribution in [3.63, 3.8) is 0 Å². The summed E-state index contributed by atoms with van der Waals surface area (Å²) in [5, 5.41) is 12.5. The van der Waals surface area contributed by atoms with E-state index in [9.17, 15) is 5.11 Å². The minimum Gasteiger partial charge on any atom is -0.496 e. The first-order valence-electron chi connectivity index (χ1n) is 13.2. The van der Waals surface area contributed by atoms with Crippen LogP contribution in [0.4, 0.5) is 5.69 Å². The molecule has 1 aliphatic carbocycles. The molecule has 4 heteroatoms. The summed E-state index contributed by atoms with van der Waals surface area (Å²) < 4.78 is 6.07. The molecule has 0 aliphatic heterocycles. The van der Waals surface area contributed by atoms with Gasteiger partial charge in [0.05, 0.1) is 31.1 Å². The van der Waals surface area contributed by atoms with Crippen molar-refractivity contribution in [2.45, 2.75) is 52.0 Å². The van der Waals surface area contributed by atoms with Crippen LogP contribution in [0.25, 0.3) is 22.0 Å². The van der Waals surface area contributed by atoms with Gasteiger partial charge in [0.1, 0.15) is 5.75 Å². The zero-order valence-electron chi connectivity index (χ0n) is 21.6. The van der Waals surface area contributed by atoms with Gasteiger partial charge < -0.3 is 14.7 Å². The highest BCUT2D eigenvalue weighted by Crippen LogP contribution is 2.44. The van der Waals surface area contributed by atoms with Gasteiger partial charge in [-0.1, -0.05) is 68.4 Å². The second-order valence-corrected chi connectivity index (χ2v) is 9.55. The number of methoxy groups -OCH3 is 1. The average Bonchev–Trinajstić information content (AvgIpc) is 2.94. The molecule has 1 unspecified atom stereocenters. The van der Waals surface area contributed by atoms with Crippen molar-refractivity contribution >= 4 is 16.5 Å². The van der Waals surface area contributed by atoms with Crippen molar-refractivity contribution in [2.24, 2.45) is 0 Å². The SMILES string of the molecule is CCc1cccc(CC)c1-c1cc(OC)c2c(n1)CCCC2N(CCO)c1cccc2ccccc12. The van der Waals surface area contributed by atoms with Crippen LogP contribution in [-0.4, -0.2) is 30.4 Å². The standard InChI is InChI=1S/C32H36N2O2/c1-4-22-12-8-13-23(5-2)31(22)27-21-30(36-3)32-26(33-27)16-10-18-29(32)34(19-20-35)28-17-9-14-24-11-6-7-15-25(24)28/h6-9,11-15,17,21,29,35H,4-5,10,16,18-20H2,1-3H3. The first-order valence-corrected chi connectivity index (χ1v) is 13.2. The molecule has 0 saturated carbocycles. The number of hydrogen-bond donors (Lipinski definition) is 1. The quantitative estimate of drug-likeness (QED) is 0.298. The summed E-state index contributed by atoms with van der Waals surface area (Å²) >= 11 is 0. The summed E-state index contributed by atoms with van der Waals surface area (Å²) in [6.07, 6.45) is 4.93. The first kappa shape index (κ1) is 24.3. The molecule has 36 heavy (non-hydrogen) atoms. The van der Waals surface area contributed by atoms with E-state index in [1.807, 2.05) is 0 Å². The largest absolute Gasteiger partial charge is 0.496 e. The molecule has 4 nitrogen and oxygen atoms in total. The zero-order chi connectivity index (χ0) is 25.1. The number of hydrogen-bond acceptors (Lipinski definition) is 4. The molecule has 1 N–H and O–H groups in total. The van der Waals surface area contributed by atoms with Crippen molar-refractivity contribution in [3.8, 4) is 17.0 Å². The molecule has 1 aliphatic rings. The summed E-state index contributed by atoms with van der Waals surface area (Å²) in [7, 11) is 1.77. The number of ether oxygens (including phenoxy) is 1. The van der Waals surface area contributed by atoms with Gasteiger partial charge >= 0.3 is 0 Å². The van der Waals surface area contributed by atoms with E-state index in [-0.39, 0.29) is 12.6 Å². The average molecular weight is 481 g/mol. The highest BCUT2D eigenvalue weighted by molar-refractivity contribution is 5.94. The predicted octanol–water partition coefficient (Wildman–Crippen LogP) is 6.91. The highest BCUT2D eigenvalue weighted by Gasteiger charge is 2.32. The smallest absolute Gasteiger partial charge is 0.128 e. The van der Waals surface area contributed by atoms with Crippen LogP contribution in [0.15, 0.2) is 66.7 Å². The maximum Gasteiger partial charge on any atom is 0.128 e. The lowest BCUT2D eigenvalue weighted by Gasteiger charge is -2.38. The van der Waals surface area contributed by atoms with E-state index in [1.165, 1.54) is 33.0 Å². The Balaban J connectivity index is 1.67. The number of benzene rings is 3. The van der Waals surface area contributed by atoms with Gasteiger partial charge in [0.25, 0.3) is 0 Å². The van der Waals surface area contributed by atoms with Crippen LogP contribution in [0.1, 0.15) is 55.1 Å². The van der Waals surface area contributed by atoms with Crippen molar-refractivity contribution in [1.82, 2.24) is 4.98 Å². The number of aliphatic hydroxyl groups excluding tert-OH is 1. The van der Waals surface area contributed by atoms with E-state index in [2.05, 4.69) is 85.5 Å². The van der Waals surface area contributed by atoms with Gasteiger partial charge in [0, 0.05) is 34.8 Å². The van der Waals surface area contributed by atoms with Gasteiger partial charge in [0.15, 0.2) is 0 Å². The van der Waals surface area contributed by atoms with Crippen LogP contribution < -0.4 is 9.64 Å². The van der Waals surface area contributed by atoms with Gasteiger partial charge in [-0.25, -0.2) is 0 Å². The lowest BCUT2D eigenvalue weighted by molar-refractivity contribution is 0.294. The van der Waals surface area contributed by atoms with Crippen LogP contribution in [0.3, 0.4) is 0 Å². The summed E-state index contributed by atoms with van der Waals surface area (Å²) in [4.78, 5) is 7.65. The molecule has 0 spiro atoms. The summed E-state index contributed by atoms with van der Waals surface area (Å²) in [6, 6.07) is 23.7. The Morgan fingerprint density at radius 2 is 1.69 bits per heavy atom. The lowest BCUT2D eigenvalue weighted by atomic mass is 9.87. The van der Waals surface area contributed by atoms with Crippen LogP contribution in [0.5, 0.6) is 5.75 Å². The third-order valence-electron chi connectivity index (χ3n) is 7.59. The molecule has 0 bridgehead atoms. The fourth-order valence-corrected chi connectivity index (χ4v) is 5.93. The molecule has 4 aromatic rings. The predicted molar refractivity (Wildman–Crippen MR) is 149 cm³/mol. The summed E-state index contributed by atoms with van der Waals surface area (Å²) in [5.74, 6) is 0.899. The lowest BCUT2D eigenvalue weighted by Crippen LogP contribution is -2.34. The Hall–Kier alpha value is -3.37. The number of aliphatic hydroxyl groups is 1. The maximum atomic E-state index is 10.1. The molecule has 0 amide bonds. The first-order chi connectivity index (χ1) is 17.7. The molecule has 1 heterocycles. The Bertz CT molecular complexity index is 1320. The van der Waals surface area contributed by atoms with Crippen molar-refractivity contribution in [2.75, 3.05) is 25.2 Å². The molecule has 1 aromatic heterocycles. The van der Waals surface area contributed by atoms with E-state index in [0.29, 0.717) is 6.54 Å². The molecule has 5 rings (SSSR count). The summed E-state index contributed by atoms with van der Waals surface area (Å²) in [5.41, 5.74) is 8.36. The molecule has 3 aromatic carbocycles. The number of aromatic nitrogens is 1. The number of aryl methyl sites for hydroxylation is 3. The van der Waals surface area contributed by atoms with E-state index in [4.69, 9.17) is 9.72 Å². The molecular weight excluding hydrogens is 444 g/mol. The number of nitrogens with zero attached hydrogens (tertiary/aromatic N) is 2. The van der Waals surface area contributed by atoms with Gasteiger partial charge in [-0.2, -0.15) is 0 Å². The van der Waals surface area contributed by atoms with Gasteiger partial charge in [0.2, 0.25) is 0 Å². The van der Waals surface area contributed by atoms with Crippen molar-refractivity contribution < 1.29 is 9.84 Å². The fraction of sp³-hybridized carbons (Fsp3) is 0.344. The number of anilines is 1. The topological polar surface area (TPSA) is 45.6 Å². The van der Waals surface area contributed by atoms with Crippen molar-refractivity contribution in [1.29, 1.82) is 0 Å². The monoisotopic (exact) mass is 480 g/mol. The van der Waals surface area contributed by atoms with Crippen LogP contribution in [-0.2, 0) is 19.3 Å². The van der Waals surface area contributed by atoms with Crippen LogP contribution in [0, 0.1) is 0 Å². The summed E-state index contributed by atoms with van der Waals surface area (Å²) in [6.45, 7) is 5.07. The van der Waals surface area contributed by atoms with E-state index in [1.54, 1.807) is 7.11 Å². The molecule has 0 radical (unpaired) electrons. The Morgan fingerprint density at radius 3 is 2.42 bits per heavy atom. The second kappa shape index (κ2) is 10.7. The number of rotatable bonds is 8. The minimum absolute atomic E-state index is 0.0899. The van der Waals surface area contributed by atoms with Crippen molar-refractivity contribution in [3.05, 3.63) is 89.1 Å². The van der Waals surface area contributed by atoms with Crippen LogP contribution in [0.2, 0.25) is 0 Å². The third-order valence-corrected chi connectivity index (χ3v) is 7.59. The van der Waals surface area contributed by atoms with E-state index < -0.39 is 0 Å². The molecular formula is C32H36N2O2.